The molecule has 2 aromatic heterocycles. The summed E-state index contributed by atoms with van der Waals surface area (Å²) < 4.78 is 2.36. The van der Waals surface area contributed by atoms with E-state index in [1.807, 2.05) is 0 Å². The molecule has 2 aromatic rings. The van der Waals surface area contributed by atoms with Crippen LogP contribution < -0.4 is 0 Å². The van der Waals surface area contributed by atoms with Crippen molar-refractivity contribution in [3.8, 4) is 0 Å². The number of hydrogen-bond donors (Lipinski definition) is 0. The van der Waals surface area contributed by atoms with Gasteiger partial charge in [0, 0.05) is 42.2 Å². The molecule has 1 saturated heterocycles. The quantitative estimate of drug-likeness (QED) is 0.787. The summed E-state index contributed by atoms with van der Waals surface area (Å²) in [5, 5.41) is 11.2. The lowest BCUT2D eigenvalue weighted by molar-refractivity contribution is 0.0702. The number of aromatic nitrogens is 3. The number of piperidine rings is 1. The third-order valence-electron chi connectivity index (χ3n) is 6.50. The lowest BCUT2D eigenvalue weighted by Gasteiger charge is -2.32. The fourth-order valence-corrected chi connectivity index (χ4v) is 6.15. The van der Waals surface area contributed by atoms with Gasteiger partial charge in [-0.1, -0.05) is 6.42 Å². The Morgan fingerprint density at radius 1 is 1.00 bits per heavy atom. The summed E-state index contributed by atoms with van der Waals surface area (Å²) >= 11 is 1.79. The van der Waals surface area contributed by atoms with Gasteiger partial charge in [-0.25, -0.2) is 0 Å². The van der Waals surface area contributed by atoms with Gasteiger partial charge in [-0.05, 0) is 56.9 Å². The lowest BCUT2D eigenvalue weighted by Crippen LogP contribution is -2.40. The van der Waals surface area contributed by atoms with Crippen LogP contribution in [-0.4, -0.2) is 38.7 Å². The maximum absolute atomic E-state index is 13.3. The van der Waals surface area contributed by atoms with Crippen LogP contribution in [0.15, 0.2) is 5.38 Å². The highest BCUT2D eigenvalue weighted by molar-refractivity contribution is 7.10. The molecule has 144 valence electrons. The number of thiophene rings is 1. The first-order valence-corrected chi connectivity index (χ1v) is 11.5. The Bertz CT molecular complexity index is 839. The second-order valence-corrected chi connectivity index (χ2v) is 9.25. The van der Waals surface area contributed by atoms with Crippen molar-refractivity contribution in [3.05, 3.63) is 33.0 Å². The summed E-state index contributed by atoms with van der Waals surface area (Å²) in [7, 11) is 0. The summed E-state index contributed by atoms with van der Waals surface area (Å²) in [4.78, 5) is 16.8. The molecule has 6 heteroatoms. The second-order valence-electron chi connectivity index (χ2n) is 8.29. The number of aryl methyl sites for hydroxylation is 2. The Morgan fingerprint density at radius 3 is 2.85 bits per heavy atom. The second kappa shape index (κ2) is 7.38. The van der Waals surface area contributed by atoms with Crippen molar-refractivity contribution in [2.45, 2.75) is 76.7 Å². The summed E-state index contributed by atoms with van der Waals surface area (Å²) in [6, 6.07) is 0. The highest BCUT2D eigenvalue weighted by atomic mass is 32.1. The largest absolute Gasteiger partial charge is 0.338 e. The number of likely N-dealkylation sites (tertiary alicyclic amines) is 1. The minimum Gasteiger partial charge on any atom is -0.338 e. The molecule has 27 heavy (non-hydrogen) atoms. The molecule has 1 aliphatic carbocycles. The molecule has 0 saturated carbocycles. The van der Waals surface area contributed by atoms with E-state index < -0.39 is 0 Å². The summed E-state index contributed by atoms with van der Waals surface area (Å²) in [6.45, 7) is 2.71. The first-order valence-electron chi connectivity index (χ1n) is 10.6. The SMILES string of the molecule is O=C(c1csc2c1CCCC2)N1CCCC(c2nnc3n2CCCCC3)C1. The molecular formula is C21H28N4OS. The zero-order valence-electron chi connectivity index (χ0n) is 16.0. The van der Waals surface area contributed by atoms with Crippen molar-refractivity contribution in [2.75, 3.05) is 13.1 Å². The van der Waals surface area contributed by atoms with Gasteiger partial charge >= 0.3 is 0 Å². The maximum Gasteiger partial charge on any atom is 0.255 e. The van der Waals surface area contributed by atoms with Gasteiger partial charge in [-0.2, -0.15) is 0 Å². The molecule has 4 heterocycles. The minimum absolute atomic E-state index is 0.245. The van der Waals surface area contributed by atoms with E-state index in [2.05, 4.69) is 25.0 Å². The number of carbonyl (C=O) groups is 1. The summed E-state index contributed by atoms with van der Waals surface area (Å²) in [6.07, 6.45) is 11.7. The van der Waals surface area contributed by atoms with E-state index in [1.165, 1.54) is 42.5 Å². The molecule has 0 aromatic carbocycles. The van der Waals surface area contributed by atoms with Gasteiger partial charge in [0.05, 0.1) is 5.56 Å². The van der Waals surface area contributed by atoms with Crippen molar-refractivity contribution < 1.29 is 4.79 Å². The molecule has 0 spiro atoms. The van der Waals surface area contributed by atoms with E-state index in [4.69, 9.17) is 0 Å². The van der Waals surface area contributed by atoms with Crippen LogP contribution in [0.25, 0.3) is 0 Å². The molecule has 1 amide bonds. The molecule has 5 rings (SSSR count). The third-order valence-corrected chi connectivity index (χ3v) is 7.59. The zero-order valence-corrected chi connectivity index (χ0v) is 16.8. The van der Waals surface area contributed by atoms with Crippen molar-refractivity contribution in [1.29, 1.82) is 0 Å². The Morgan fingerprint density at radius 2 is 1.89 bits per heavy atom. The number of fused-ring (bicyclic) bond motifs is 2. The van der Waals surface area contributed by atoms with E-state index >= 15 is 0 Å². The first kappa shape index (κ1) is 17.4. The van der Waals surface area contributed by atoms with E-state index in [-0.39, 0.29) is 5.91 Å². The fourth-order valence-electron chi connectivity index (χ4n) is 5.03. The van der Waals surface area contributed by atoms with Crippen LogP contribution in [0.5, 0.6) is 0 Å². The number of nitrogens with zero attached hydrogens (tertiary/aromatic N) is 4. The smallest absolute Gasteiger partial charge is 0.255 e. The molecule has 2 aliphatic heterocycles. The Kier molecular flexibility index (Phi) is 4.76. The van der Waals surface area contributed by atoms with Crippen LogP contribution in [0.3, 0.4) is 0 Å². The van der Waals surface area contributed by atoms with E-state index in [0.29, 0.717) is 5.92 Å². The number of amides is 1. The van der Waals surface area contributed by atoms with Crippen molar-refractivity contribution in [3.63, 3.8) is 0 Å². The molecule has 5 nitrogen and oxygen atoms in total. The van der Waals surface area contributed by atoms with Crippen LogP contribution in [0.1, 0.15) is 83.3 Å². The zero-order chi connectivity index (χ0) is 18.2. The van der Waals surface area contributed by atoms with Crippen LogP contribution in [0, 0.1) is 0 Å². The predicted molar refractivity (Wildman–Crippen MR) is 106 cm³/mol. The van der Waals surface area contributed by atoms with Gasteiger partial charge in [-0.3, -0.25) is 4.79 Å². The van der Waals surface area contributed by atoms with Crippen LogP contribution in [0.2, 0.25) is 0 Å². The molecule has 1 fully saturated rings. The standard InChI is InChI=1S/C21H28N4OS/c26-21(17-14-27-18-9-4-3-8-16(17)18)24-11-6-7-15(13-24)20-23-22-19-10-2-1-5-12-25(19)20/h14-15H,1-13H2. The normalized spacial score (nSPS) is 22.8. The fraction of sp³-hybridized carbons (Fsp3) is 0.667. The van der Waals surface area contributed by atoms with Crippen molar-refractivity contribution in [2.24, 2.45) is 0 Å². The molecule has 1 atom stereocenters. The van der Waals surface area contributed by atoms with Gasteiger partial charge in [0.2, 0.25) is 0 Å². The first-order chi connectivity index (χ1) is 13.3. The topological polar surface area (TPSA) is 51.0 Å². The highest BCUT2D eigenvalue weighted by Gasteiger charge is 2.31. The van der Waals surface area contributed by atoms with E-state index in [0.717, 1.165) is 69.0 Å². The van der Waals surface area contributed by atoms with Crippen LogP contribution in [0.4, 0.5) is 0 Å². The van der Waals surface area contributed by atoms with Crippen molar-refractivity contribution in [1.82, 2.24) is 19.7 Å². The summed E-state index contributed by atoms with van der Waals surface area (Å²) in [5.41, 5.74) is 2.32. The number of hydrogen-bond acceptors (Lipinski definition) is 4. The van der Waals surface area contributed by atoms with Gasteiger partial charge in [0.15, 0.2) is 0 Å². The molecule has 1 unspecified atom stereocenters. The lowest BCUT2D eigenvalue weighted by atomic mass is 9.93. The monoisotopic (exact) mass is 384 g/mol. The van der Waals surface area contributed by atoms with Crippen LogP contribution >= 0.6 is 11.3 Å². The maximum atomic E-state index is 13.3. The Labute approximate surface area is 164 Å². The van der Waals surface area contributed by atoms with E-state index in [1.54, 1.807) is 11.3 Å². The van der Waals surface area contributed by atoms with Gasteiger partial charge in [-0.15, -0.1) is 21.5 Å². The Balaban J connectivity index is 1.36. The molecule has 0 radical (unpaired) electrons. The third kappa shape index (κ3) is 3.22. The Hall–Kier alpha value is -1.69. The molecule has 0 bridgehead atoms. The number of carbonyl (C=O) groups excluding carboxylic acids is 1. The van der Waals surface area contributed by atoms with E-state index in [9.17, 15) is 4.79 Å². The average Bonchev–Trinajstić information content (AvgIpc) is 3.25. The number of rotatable bonds is 2. The molecule has 0 N–H and O–H groups in total. The highest BCUT2D eigenvalue weighted by Crippen LogP contribution is 2.33. The van der Waals surface area contributed by atoms with Gasteiger partial charge in [0.1, 0.15) is 11.6 Å². The molecular weight excluding hydrogens is 356 g/mol. The van der Waals surface area contributed by atoms with Gasteiger partial charge < -0.3 is 9.47 Å². The summed E-state index contributed by atoms with van der Waals surface area (Å²) in [5.74, 6) is 2.85. The minimum atomic E-state index is 0.245. The van der Waals surface area contributed by atoms with Crippen LogP contribution in [-0.2, 0) is 25.8 Å². The van der Waals surface area contributed by atoms with Gasteiger partial charge in [0.25, 0.3) is 5.91 Å². The predicted octanol–water partition coefficient (Wildman–Crippen LogP) is 3.96. The average molecular weight is 385 g/mol. The van der Waals surface area contributed by atoms with Crippen molar-refractivity contribution >= 4 is 17.2 Å². The molecule has 3 aliphatic rings.